The van der Waals surface area contributed by atoms with Gasteiger partial charge in [0.2, 0.25) is 0 Å². The number of fused-ring (bicyclic) bond motifs is 5. The molecule has 4 saturated carbocycles. The van der Waals surface area contributed by atoms with Gasteiger partial charge in [-0.2, -0.15) is 0 Å². The normalized spacial score (nSPS) is 47.1. The van der Waals surface area contributed by atoms with Crippen molar-refractivity contribution in [3.63, 3.8) is 0 Å². The van der Waals surface area contributed by atoms with Crippen molar-refractivity contribution in [2.45, 2.75) is 118 Å². The molecule has 0 amide bonds. The van der Waals surface area contributed by atoms with Gasteiger partial charge in [-0.05, 0) is 111 Å². The average molecular weight is 416 g/mol. The molecular weight excluding hydrogens is 362 g/mol. The van der Waals surface area contributed by atoms with E-state index in [2.05, 4.69) is 53.6 Å². The van der Waals surface area contributed by atoms with E-state index < -0.39 is 0 Å². The summed E-state index contributed by atoms with van der Waals surface area (Å²) in [4.78, 5) is 2.66. The first-order valence-corrected chi connectivity index (χ1v) is 13.8. The summed E-state index contributed by atoms with van der Waals surface area (Å²) in [5.74, 6) is 6.72. The van der Waals surface area contributed by atoms with Gasteiger partial charge < -0.3 is 4.90 Å². The van der Waals surface area contributed by atoms with E-state index >= 15 is 0 Å². The molecule has 0 unspecified atom stereocenters. The van der Waals surface area contributed by atoms with Gasteiger partial charge >= 0.3 is 0 Å². The molecule has 0 aromatic heterocycles. The van der Waals surface area contributed by atoms with Crippen LogP contribution in [0.4, 0.5) is 0 Å². The Bertz CT molecular complexity index is 581. The van der Waals surface area contributed by atoms with Crippen molar-refractivity contribution in [3.8, 4) is 0 Å². The van der Waals surface area contributed by atoms with Crippen LogP contribution in [0.2, 0.25) is 0 Å². The quantitative estimate of drug-likeness (QED) is 0.424. The van der Waals surface area contributed by atoms with Crippen LogP contribution in [0.3, 0.4) is 0 Å². The average Bonchev–Trinajstić information content (AvgIpc) is 3.03. The van der Waals surface area contributed by atoms with E-state index in [1.807, 2.05) is 0 Å². The topological polar surface area (TPSA) is 3.24 Å². The monoisotopic (exact) mass is 415 g/mol. The summed E-state index contributed by atoms with van der Waals surface area (Å²) in [6.07, 6.45) is 18.0. The summed E-state index contributed by atoms with van der Waals surface area (Å²) in [5, 5.41) is 0. The zero-order valence-electron chi connectivity index (χ0n) is 21.6. The van der Waals surface area contributed by atoms with Gasteiger partial charge in [-0.1, -0.05) is 66.7 Å². The highest BCUT2D eigenvalue weighted by atomic mass is 15.1. The molecule has 4 aliphatic carbocycles. The Labute approximate surface area is 189 Å². The molecule has 30 heavy (non-hydrogen) atoms. The third-order valence-corrected chi connectivity index (χ3v) is 11.5. The molecule has 174 valence electrons. The molecule has 0 aromatic carbocycles. The zero-order chi connectivity index (χ0) is 21.7. The van der Waals surface area contributed by atoms with E-state index in [-0.39, 0.29) is 0 Å². The van der Waals surface area contributed by atoms with Gasteiger partial charge in [0.15, 0.2) is 0 Å². The highest BCUT2D eigenvalue weighted by Crippen LogP contribution is 2.68. The second-order valence-corrected chi connectivity index (χ2v) is 13.5. The Morgan fingerprint density at radius 2 is 1.57 bits per heavy atom. The Morgan fingerprint density at radius 1 is 0.833 bits per heavy atom. The van der Waals surface area contributed by atoms with Gasteiger partial charge in [0, 0.05) is 6.04 Å². The Kier molecular flexibility index (Phi) is 6.72. The molecule has 0 bridgehead atoms. The Hall–Kier alpha value is -0.0400. The van der Waals surface area contributed by atoms with Crippen molar-refractivity contribution in [1.29, 1.82) is 0 Å². The maximum atomic E-state index is 2.76. The Balaban J connectivity index is 1.56. The second-order valence-electron chi connectivity index (χ2n) is 13.5. The summed E-state index contributed by atoms with van der Waals surface area (Å²) in [6.45, 7) is 12.9. The van der Waals surface area contributed by atoms with Gasteiger partial charge in [0.25, 0.3) is 0 Å². The molecule has 4 fully saturated rings. The van der Waals surface area contributed by atoms with Crippen LogP contribution in [0.15, 0.2) is 0 Å². The number of hydrogen-bond acceptors (Lipinski definition) is 1. The molecule has 0 heterocycles. The Morgan fingerprint density at radius 3 is 2.27 bits per heavy atom. The standard InChI is InChI=1S/C29H53N/c1-20(2)11-10-12-21(3)23-14-15-24-27-25(16-18-29(23,24)5)28(4)17-9-8-13-22(28)19-26(27)30(6)7/h20-27H,8-19H2,1-7H3/t21-,22-,23-,24+,25+,26+,27+,28+,29-/m1/s1. The number of rotatable bonds is 6. The van der Waals surface area contributed by atoms with E-state index in [1.54, 1.807) is 0 Å². The molecule has 0 aliphatic heterocycles. The maximum Gasteiger partial charge on any atom is 0.0126 e. The molecule has 0 spiro atoms. The van der Waals surface area contributed by atoms with E-state index in [1.165, 1.54) is 77.0 Å². The maximum absolute atomic E-state index is 2.76. The fourth-order valence-corrected chi connectivity index (χ4v) is 9.83. The van der Waals surface area contributed by atoms with Crippen LogP contribution in [0.1, 0.15) is 112 Å². The minimum atomic E-state index is 0.616. The summed E-state index contributed by atoms with van der Waals surface area (Å²) in [7, 11) is 4.81. The summed E-state index contributed by atoms with van der Waals surface area (Å²) < 4.78 is 0. The van der Waals surface area contributed by atoms with Gasteiger partial charge in [0.05, 0.1) is 0 Å². The van der Waals surface area contributed by atoms with Gasteiger partial charge in [0.1, 0.15) is 0 Å². The SMILES string of the molecule is CC(C)CCC[C@@H](C)[C@H]1CC[C@H]2[C@@H]3[C@@H](N(C)C)C[C@H]4CCCC[C@]4(C)[C@H]3CC[C@]12C. The fourth-order valence-electron chi connectivity index (χ4n) is 9.83. The third-order valence-electron chi connectivity index (χ3n) is 11.5. The summed E-state index contributed by atoms with van der Waals surface area (Å²) >= 11 is 0. The van der Waals surface area contributed by atoms with Crippen LogP contribution >= 0.6 is 0 Å². The van der Waals surface area contributed by atoms with Crippen LogP contribution in [0.25, 0.3) is 0 Å². The molecule has 4 aliphatic rings. The number of hydrogen-bond donors (Lipinski definition) is 0. The van der Waals surface area contributed by atoms with Gasteiger partial charge in [-0.25, -0.2) is 0 Å². The molecule has 0 radical (unpaired) electrons. The minimum Gasteiger partial charge on any atom is -0.306 e. The smallest absolute Gasteiger partial charge is 0.0126 e. The highest BCUT2D eigenvalue weighted by molar-refractivity contribution is 5.12. The van der Waals surface area contributed by atoms with Crippen molar-refractivity contribution in [3.05, 3.63) is 0 Å². The largest absolute Gasteiger partial charge is 0.306 e. The minimum absolute atomic E-state index is 0.616. The van der Waals surface area contributed by atoms with Crippen LogP contribution in [0, 0.1) is 52.3 Å². The third kappa shape index (κ3) is 3.82. The second kappa shape index (κ2) is 8.72. The van der Waals surface area contributed by atoms with Crippen LogP contribution < -0.4 is 0 Å². The molecular formula is C29H53N. The zero-order valence-corrected chi connectivity index (χ0v) is 21.6. The predicted octanol–water partition coefficient (Wildman–Crippen LogP) is 8.04. The lowest BCUT2D eigenvalue weighted by atomic mass is 9.43. The molecule has 1 nitrogen and oxygen atoms in total. The molecule has 4 rings (SSSR count). The number of nitrogens with zero attached hydrogens (tertiary/aromatic N) is 1. The van der Waals surface area contributed by atoms with Crippen molar-refractivity contribution in [1.82, 2.24) is 4.90 Å². The molecule has 0 aromatic rings. The first-order chi connectivity index (χ1) is 14.2. The van der Waals surface area contributed by atoms with Crippen LogP contribution in [-0.2, 0) is 0 Å². The molecule has 1 heteroatoms. The van der Waals surface area contributed by atoms with Crippen LogP contribution in [-0.4, -0.2) is 25.0 Å². The van der Waals surface area contributed by atoms with E-state index in [0.29, 0.717) is 10.8 Å². The van der Waals surface area contributed by atoms with E-state index in [0.717, 1.165) is 47.5 Å². The van der Waals surface area contributed by atoms with Gasteiger partial charge in [-0.15, -0.1) is 0 Å². The van der Waals surface area contributed by atoms with Crippen molar-refractivity contribution in [2.24, 2.45) is 52.3 Å². The first-order valence-electron chi connectivity index (χ1n) is 13.8. The van der Waals surface area contributed by atoms with Crippen molar-refractivity contribution in [2.75, 3.05) is 14.1 Å². The van der Waals surface area contributed by atoms with E-state index in [9.17, 15) is 0 Å². The summed E-state index contributed by atoms with van der Waals surface area (Å²) in [5.41, 5.74) is 1.27. The van der Waals surface area contributed by atoms with Crippen molar-refractivity contribution < 1.29 is 0 Å². The molecule has 0 N–H and O–H groups in total. The first kappa shape index (κ1) is 23.1. The van der Waals surface area contributed by atoms with Crippen LogP contribution in [0.5, 0.6) is 0 Å². The molecule has 0 saturated heterocycles. The lowest BCUT2D eigenvalue weighted by molar-refractivity contribution is -0.144. The van der Waals surface area contributed by atoms with E-state index in [4.69, 9.17) is 0 Å². The van der Waals surface area contributed by atoms with Crippen molar-refractivity contribution >= 4 is 0 Å². The lowest BCUT2D eigenvalue weighted by Gasteiger charge is -2.64. The predicted molar refractivity (Wildman–Crippen MR) is 131 cm³/mol. The fraction of sp³-hybridized carbons (Fsp3) is 1.00. The van der Waals surface area contributed by atoms with Gasteiger partial charge in [-0.3, -0.25) is 0 Å². The molecule has 9 atom stereocenters. The highest BCUT2D eigenvalue weighted by Gasteiger charge is 2.62. The lowest BCUT2D eigenvalue weighted by Crippen LogP contribution is -2.60. The summed E-state index contributed by atoms with van der Waals surface area (Å²) in [6, 6.07) is 0.839.